The van der Waals surface area contributed by atoms with E-state index in [9.17, 15) is 0 Å². The van der Waals surface area contributed by atoms with E-state index in [-0.39, 0.29) is 6.61 Å². The summed E-state index contributed by atoms with van der Waals surface area (Å²) in [6.45, 7) is 8.01. The van der Waals surface area contributed by atoms with Gasteiger partial charge < -0.3 is 10.4 Å². The van der Waals surface area contributed by atoms with Gasteiger partial charge >= 0.3 is 0 Å². The van der Waals surface area contributed by atoms with Gasteiger partial charge in [-0.3, -0.25) is 4.90 Å². The summed E-state index contributed by atoms with van der Waals surface area (Å²) in [5.41, 5.74) is 0. The quantitative estimate of drug-likeness (QED) is 0.600. The first-order chi connectivity index (χ1) is 6.36. The zero-order chi connectivity index (χ0) is 9.52. The van der Waals surface area contributed by atoms with Crippen molar-refractivity contribution in [2.45, 2.75) is 18.9 Å². The predicted octanol–water partition coefficient (Wildman–Crippen LogP) is 0.219. The van der Waals surface area contributed by atoms with Gasteiger partial charge in [0, 0.05) is 19.1 Å². The van der Waals surface area contributed by atoms with Crippen molar-refractivity contribution >= 4 is 0 Å². The lowest BCUT2D eigenvalue weighted by Crippen LogP contribution is -2.43. The van der Waals surface area contributed by atoms with Crippen molar-refractivity contribution in [2.24, 2.45) is 0 Å². The van der Waals surface area contributed by atoms with Gasteiger partial charge in [-0.2, -0.15) is 0 Å². The highest BCUT2D eigenvalue weighted by molar-refractivity contribution is 4.81. The molecule has 1 aliphatic heterocycles. The van der Waals surface area contributed by atoms with Gasteiger partial charge in [-0.15, -0.1) is 6.58 Å². The van der Waals surface area contributed by atoms with E-state index in [0.29, 0.717) is 6.04 Å². The van der Waals surface area contributed by atoms with Crippen LogP contribution in [0.25, 0.3) is 0 Å². The highest BCUT2D eigenvalue weighted by Crippen LogP contribution is 2.09. The van der Waals surface area contributed by atoms with E-state index in [1.807, 2.05) is 6.08 Å². The molecule has 0 aromatic heterocycles. The van der Waals surface area contributed by atoms with Crippen LogP contribution in [0.4, 0.5) is 0 Å². The van der Waals surface area contributed by atoms with Crippen LogP contribution in [0.3, 0.4) is 0 Å². The van der Waals surface area contributed by atoms with Crippen LogP contribution in [0.5, 0.6) is 0 Å². The van der Waals surface area contributed by atoms with E-state index in [4.69, 9.17) is 5.11 Å². The second-order valence-corrected chi connectivity index (χ2v) is 3.54. The van der Waals surface area contributed by atoms with Crippen LogP contribution in [0.2, 0.25) is 0 Å². The number of likely N-dealkylation sites (tertiary alicyclic amines) is 1. The molecule has 13 heavy (non-hydrogen) atoms. The van der Waals surface area contributed by atoms with Crippen LogP contribution >= 0.6 is 0 Å². The summed E-state index contributed by atoms with van der Waals surface area (Å²) in [5.74, 6) is 0. The Morgan fingerprint density at radius 2 is 2.15 bits per heavy atom. The maximum Gasteiger partial charge on any atom is 0.0556 e. The van der Waals surface area contributed by atoms with E-state index in [2.05, 4.69) is 16.8 Å². The Morgan fingerprint density at radius 3 is 2.69 bits per heavy atom. The van der Waals surface area contributed by atoms with E-state index in [1.54, 1.807) is 0 Å². The second kappa shape index (κ2) is 6.13. The maximum absolute atomic E-state index is 8.65. The normalized spacial score (nSPS) is 20.4. The van der Waals surface area contributed by atoms with Crippen molar-refractivity contribution in [2.75, 3.05) is 32.8 Å². The van der Waals surface area contributed by atoms with Crippen molar-refractivity contribution in [1.29, 1.82) is 0 Å². The van der Waals surface area contributed by atoms with E-state index >= 15 is 0 Å². The molecule has 1 heterocycles. The molecule has 1 fully saturated rings. The van der Waals surface area contributed by atoms with Crippen molar-refractivity contribution in [3.63, 3.8) is 0 Å². The van der Waals surface area contributed by atoms with Gasteiger partial charge in [-0.1, -0.05) is 6.08 Å². The van der Waals surface area contributed by atoms with Gasteiger partial charge in [-0.25, -0.2) is 0 Å². The highest BCUT2D eigenvalue weighted by atomic mass is 16.3. The lowest BCUT2D eigenvalue weighted by molar-refractivity contribution is 0.205. The Kier molecular flexibility index (Phi) is 5.05. The van der Waals surface area contributed by atoms with Gasteiger partial charge in [0.2, 0.25) is 0 Å². The number of aliphatic hydroxyl groups is 1. The van der Waals surface area contributed by atoms with Crippen LogP contribution in [0.1, 0.15) is 12.8 Å². The number of hydrogen-bond acceptors (Lipinski definition) is 3. The fourth-order valence-electron chi connectivity index (χ4n) is 1.77. The summed E-state index contributed by atoms with van der Waals surface area (Å²) in [5, 5.41) is 12.0. The van der Waals surface area contributed by atoms with Gasteiger partial charge in [0.25, 0.3) is 0 Å². The van der Waals surface area contributed by atoms with Crippen molar-refractivity contribution in [3.05, 3.63) is 12.7 Å². The Morgan fingerprint density at radius 1 is 1.46 bits per heavy atom. The van der Waals surface area contributed by atoms with Crippen molar-refractivity contribution in [3.8, 4) is 0 Å². The third-order valence-electron chi connectivity index (χ3n) is 2.52. The van der Waals surface area contributed by atoms with Crippen LogP contribution < -0.4 is 5.32 Å². The van der Waals surface area contributed by atoms with Crippen molar-refractivity contribution < 1.29 is 5.11 Å². The molecular weight excluding hydrogens is 164 g/mol. The summed E-state index contributed by atoms with van der Waals surface area (Å²) in [7, 11) is 0. The number of nitrogens with zero attached hydrogens (tertiary/aromatic N) is 1. The molecule has 3 nitrogen and oxygen atoms in total. The fraction of sp³-hybridized carbons (Fsp3) is 0.800. The molecule has 3 heteroatoms. The lowest BCUT2D eigenvalue weighted by atomic mass is 10.1. The molecule has 0 atom stereocenters. The summed E-state index contributed by atoms with van der Waals surface area (Å²) < 4.78 is 0. The second-order valence-electron chi connectivity index (χ2n) is 3.54. The Hall–Kier alpha value is -0.380. The molecule has 0 bridgehead atoms. The molecule has 2 N–H and O–H groups in total. The molecular formula is C10H20N2O. The molecule has 0 unspecified atom stereocenters. The minimum Gasteiger partial charge on any atom is -0.395 e. The first-order valence-corrected chi connectivity index (χ1v) is 5.04. The Bertz CT molecular complexity index is 142. The molecule has 1 aliphatic rings. The molecule has 0 aromatic carbocycles. The predicted molar refractivity (Wildman–Crippen MR) is 54.7 cm³/mol. The van der Waals surface area contributed by atoms with Gasteiger partial charge in [0.15, 0.2) is 0 Å². The summed E-state index contributed by atoms with van der Waals surface area (Å²) >= 11 is 0. The number of hydrogen-bond donors (Lipinski definition) is 2. The molecule has 76 valence electrons. The standard InChI is InChI=1S/C10H20N2O/c1-2-6-12-7-3-10(4-8-12)11-5-9-13/h2,10-11,13H,1,3-9H2. The zero-order valence-corrected chi connectivity index (χ0v) is 8.21. The summed E-state index contributed by atoms with van der Waals surface area (Å²) in [6, 6.07) is 0.605. The highest BCUT2D eigenvalue weighted by Gasteiger charge is 2.16. The SMILES string of the molecule is C=CCN1CCC(NCCO)CC1. The molecule has 0 radical (unpaired) electrons. The third-order valence-corrected chi connectivity index (χ3v) is 2.52. The van der Waals surface area contributed by atoms with Gasteiger partial charge in [-0.05, 0) is 25.9 Å². The molecule has 0 spiro atoms. The Balaban J connectivity index is 2.11. The van der Waals surface area contributed by atoms with Crippen LogP contribution in [-0.2, 0) is 0 Å². The third kappa shape index (κ3) is 3.89. The fourth-order valence-corrected chi connectivity index (χ4v) is 1.77. The van der Waals surface area contributed by atoms with Crippen LogP contribution in [0.15, 0.2) is 12.7 Å². The van der Waals surface area contributed by atoms with Gasteiger partial charge in [0.1, 0.15) is 0 Å². The molecule has 0 aliphatic carbocycles. The molecule has 1 rings (SSSR count). The maximum atomic E-state index is 8.65. The number of aliphatic hydroxyl groups excluding tert-OH is 1. The minimum atomic E-state index is 0.243. The number of nitrogens with one attached hydrogen (secondary N) is 1. The zero-order valence-electron chi connectivity index (χ0n) is 8.21. The minimum absolute atomic E-state index is 0.243. The Labute approximate surface area is 80.4 Å². The molecule has 0 aromatic rings. The first kappa shape index (κ1) is 10.7. The van der Waals surface area contributed by atoms with E-state index in [1.165, 1.54) is 12.8 Å². The summed E-state index contributed by atoms with van der Waals surface area (Å²) in [4.78, 5) is 2.41. The van der Waals surface area contributed by atoms with Crippen LogP contribution in [0, 0.1) is 0 Å². The van der Waals surface area contributed by atoms with Gasteiger partial charge in [0.05, 0.1) is 6.61 Å². The lowest BCUT2D eigenvalue weighted by Gasteiger charge is -2.31. The molecule has 0 saturated carbocycles. The molecule has 1 saturated heterocycles. The monoisotopic (exact) mass is 184 g/mol. The largest absolute Gasteiger partial charge is 0.395 e. The molecule has 0 amide bonds. The average Bonchev–Trinajstić information content (AvgIpc) is 2.17. The average molecular weight is 184 g/mol. The number of rotatable bonds is 5. The number of piperidine rings is 1. The van der Waals surface area contributed by atoms with Crippen LogP contribution in [-0.4, -0.2) is 48.8 Å². The van der Waals surface area contributed by atoms with Crippen molar-refractivity contribution in [1.82, 2.24) is 10.2 Å². The van der Waals surface area contributed by atoms with E-state index < -0.39 is 0 Å². The summed E-state index contributed by atoms with van der Waals surface area (Å²) in [6.07, 6.45) is 4.34. The smallest absolute Gasteiger partial charge is 0.0556 e. The topological polar surface area (TPSA) is 35.5 Å². The first-order valence-electron chi connectivity index (χ1n) is 5.04. The van der Waals surface area contributed by atoms with E-state index in [0.717, 1.165) is 26.2 Å².